The normalized spacial score (nSPS) is 10.5. The highest BCUT2D eigenvalue weighted by atomic mass is 32.2. The van der Waals surface area contributed by atoms with Gasteiger partial charge in [0, 0.05) is 29.3 Å². The lowest BCUT2D eigenvalue weighted by atomic mass is 10.2. The molecule has 3 rings (SSSR count). The number of hydrogen-bond donors (Lipinski definition) is 0. The molecule has 1 aromatic carbocycles. The molecule has 3 aromatic rings. The van der Waals surface area contributed by atoms with Crippen molar-refractivity contribution in [3.05, 3.63) is 54.4 Å². The van der Waals surface area contributed by atoms with Gasteiger partial charge in [-0.3, -0.25) is 4.98 Å². The van der Waals surface area contributed by atoms with Crippen LogP contribution in [-0.2, 0) is 5.75 Å². The molecule has 0 aliphatic rings. The average molecular weight is 299 g/mol. The minimum absolute atomic E-state index is 0.500. The van der Waals surface area contributed by atoms with Crippen molar-refractivity contribution in [2.45, 2.75) is 11.0 Å². The maximum atomic E-state index is 5.64. The molecule has 0 aliphatic carbocycles. The van der Waals surface area contributed by atoms with Gasteiger partial charge in [-0.25, -0.2) is 0 Å². The van der Waals surface area contributed by atoms with Crippen LogP contribution in [0, 0.1) is 0 Å². The fraction of sp³-hybridized carbons (Fsp3) is 0.133. The van der Waals surface area contributed by atoms with E-state index in [4.69, 9.17) is 9.15 Å². The molecule has 0 saturated carbocycles. The highest BCUT2D eigenvalue weighted by Gasteiger charge is 2.10. The summed E-state index contributed by atoms with van der Waals surface area (Å²) in [4.78, 5) is 3.96. The molecule has 0 radical (unpaired) electrons. The second-order valence-corrected chi connectivity index (χ2v) is 5.14. The minimum atomic E-state index is 0.500. The van der Waals surface area contributed by atoms with Crippen LogP contribution in [0.1, 0.15) is 5.56 Å². The zero-order valence-electron chi connectivity index (χ0n) is 11.4. The lowest BCUT2D eigenvalue weighted by molar-refractivity contribution is 0.411. The van der Waals surface area contributed by atoms with Gasteiger partial charge < -0.3 is 9.15 Å². The molecule has 2 heterocycles. The summed E-state index contributed by atoms with van der Waals surface area (Å²) < 4.78 is 11.0. The summed E-state index contributed by atoms with van der Waals surface area (Å²) in [6.45, 7) is 0. The van der Waals surface area contributed by atoms with Gasteiger partial charge in [0.25, 0.3) is 5.22 Å². The van der Waals surface area contributed by atoms with Crippen molar-refractivity contribution in [3.63, 3.8) is 0 Å². The number of thioether (sulfide) groups is 1. The molecule has 21 heavy (non-hydrogen) atoms. The van der Waals surface area contributed by atoms with Crippen LogP contribution in [-0.4, -0.2) is 22.3 Å². The summed E-state index contributed by atoms with van der Waals surface area (Å²) in [7, 11) is 1.66. The SMILES string of the molecule is COc1ccccc1CSc1nnc(-c2ccncc2)o1. The second kappa shape index (κ2) is 6.41. The van der Waals surface area contributed by atoms with E-state index in [2.05, 4.69) is 15.2 Å². The third kappa shape index (κ3) is 3.22. The van der Waals surface area contributed by atoms with Gasteiger partial charge >= 0.3 is 0 Å². The molecule has 6 heteroatoms. The standard InChI is InChI=1S/C15H13N3O2S/c1-19-13-5-3-2-4-12(13)10-21-15-18-17-14(20-15)11-6-8-16-9-7-11/h2-9H,10H2,1H3. The molecule has 106 valence electrons. The Morgan fingerprint density at radius 3 is 2.71 bits per heavy atom. The fourth-order valence-corrected chi connectivity index (χ4v) is 2.59. The molecule has 0 unspecified atom stereocenters. The van der Waals surface area contributed by atoms with Crippen LogP contribution in [0.3, 0.4) is 0 Å². The summed E-state index contributed by atoms with van der Waals surface area (Å²) in [6.07, 6.45) is 3.39. The molecule has 0 bridgehead atoms. The maximum Gasteiger partial charge on any atom is 0.277 e. The number of ether oxygens (including phenoxy) is 1. The first-order valence-electron chi connectivity index (χ1n) is 6.35. The van der Waals surface area contributed by atoms with Crippen molar-refractivity contribution in [2.75, 3.05) is 7.11 Å². The third-order valence-electron chi connectivity index (χ3n) is 2.88. The first kappa shape index (κ1) is 13.6. The lowest BCUT2D eigenvalue weighted by Gasteiger charge is -2.05. The van der Waals surface area contributed by atoms with E-state index >= 15 is 0 Å². The molecule has 0 N–H and O–H groups in total. The Morgan fingerprint density at radius 2 is 1.90 bits per heavy atom. The van der Waals surface area contributed by atoms with E-state index in [9.17, 15) is 0 Å². The zero-order valence-corrected chi connectivity index (χ0v) is 12.2. The van der Waals surface area contributed by atoms with Crippen molar-refractivity contribution in [2.24, 2.45) is 0 Å². The Balaban J connectivity index is 1.71. The summed E-state index contributed by atoms with van der Waals surface area (Å²) in [5, 5.41) is 8.63. The quantitative estimate of drug-likeness (QED) is 0.673. The van der Waals surface area contributed by atoms with Crippen LogP contribution in [0.25, 0.3) is 11.5 Å². The summed E-state index contributed by atoms with van der Waals surface area (Å²) in [5.74, 6) is 2.07. The maximum absolute atomic E-state index is 5.64. The van der Waals surface area contributed by atoms with E-state index in [1.165, 1.54) is 11.8 Å². The summed E-state index contributed by atoms with van der Waals surface area (Å²) in [6, 6.07) is 11.6. The predicted molar refractivity (Wildman–Crippen MR) is 80.1 cm³/mol. The summed E-state index contributed by atoms with van der Waals surface area (Å²) in [5.41, 5.74) is 1.95. The third-order valence-corrected chi connectivity index (χ3v) is 3.74. The van der Waals surface area contributed by atoms with E-state index in [0.29, 0.717) is 16.9 Å². The molecular weight excluding hydrogens is 286 g/mol. The number of benzene rings is 1. The van der Waals surface area contributed by atoms with Gasteiger partial charge in [0.1, 0.15) is 5.75 Å². The van der Waals surface area contributed by atoms with Crippen molar-refractivity contribution in [1.82, 2.24) is 15.2 Å². The van der Waals surface area contributed by atoms with E-state index < -0.39 is 0 Å². The van der Waals surface area contributed by atoms with E-state index in [1.54, 1.807) is 19.5 Å². The first-order chi connectivity index (χ1) is 10.4. The van der Waals surface area contributed by atoms with E-state index in [0.717, 1.165) is 16.9 Å². The zero-order chi connectivity index (χ0) is 14.5. The van der Waals surface area contributed by atoms with Crippen molar-refractivity contribution in [3.8, 4) is 17.2 Å². The van der Waals surface area contributed by atoms with Gasteiger partial charge in [-0.1, -0.05) is 30.0 Å². The molecule has 2 aromatic heterocycles. The highest BCUT2D eigenvalue weighted by Crippen LogP contribution is 2.28. The molecule has 5 nitrogen and oxygen atoms in total. The summed E-state index contributed by atoms with van der Waals surface area (Å²) >= 11 is 1.48. The van der Waals surface area contributed by atoms with Crippen molar-refractivity contribution in [1.29, 1.82) is 0 Å². The number of rotatable bonds is 5. The van der Waals surface area contributed by atoms with Crippen LogP contribution in [0.4, 0.5) is 0 Å². The molecule has 0 amide bonds. The van der Waals surface area contributed by atoms with Gasteiger partial charge in [0.2, 0.25) is 5.89 Å². The number of aromatic nitrogens is 3. The van der Waals surface area contributed by atoms with Gasteiger partial charge in [-0.15, -0.1) is 10.2 Å². The first-order valence-corrected chi connectivity index (χ1v) is 7.34. The number of para-hydroxylation sites is 1. The molecule has 0 atom stereocenters. The van der Waals surface area contributed by atoms with Crippen LogP contribution in [0.15, 0.2) is 58.4 Å². The van der Waals surface area contributed by atoms with Crippen LogP contribution < -0.4 is 4.74 Å². The Morgan fingerprint density at radius 1 is 1.10 bits per heavy atom. The average Bonchev–Trinajstić information content (AvgIpc) is 3.03. The monoisotopic (exact) mass is 299 g/mol. The highest BCUT2D eigenvalue weighted by molar-refractivity contribution is 7.98. The molecule has 0 saturated heterocycles. The Labute approximate surface area is 126 Å². The number of methoxy groups -OCH3 is 1. The number of pyridine rings is 1. The predicted octanol–water partition coefficient (Wildman–Crippen LogP) is 3.43. The van der Waals surface area contributed by atoms with E-state index in [1.807, 2.05) is 36.4 Å². The number of nitrogens with zero attached hydrogens (tertiary/aromatic N) is 3. The second-order valence-electron chi connectivity index (χ2n) is 4.21. The Hall–Kier alpha value is -2.34. The van der Waals surface area contributed by atoms with Crippen LogP contribution in [0.2, 0.25) is 0 Å². The van der Waals surface area contributed by atoms with Gasteiger partial charge in [0.05, 0.1) is 7.11 Å². The van der Waals surface area contributed by atoms with Gasteiger partial charge in [-0.2, -0.15) is 0 Å². The largest absolute Gasteiger partial charge is 0.496 e. The van der Waals surface area contributed by atoms with Crippen molar-refractivity contribution >= 4 is 11.8 Å². The van der Waals surface area contributed by atoms with Gasteiger partial charge in [0.15, 0.2) is 0 Å². The Kier molecular flexibility index (Phi) is 4.16. The van der Waals surface area contributed by atoms with E-state index in [-0.39, 0.29) is 0 Å². The van der Waals surface area contributed by atoms with Crippen molar-refractivity contribution < 1.29 is 9.15 Å². The molecule has 0 aliphatic heterocycles. The van der Waals surface area contributed by atoms with Crippen LogP contribution in [0.5, 0.6) is 5.75 Å². The molecule has 0 fully saturated rings. The fourth-order valence-electron chi connectivity index (χ4n) is 1.84. The van der Waals surface area contributed by atoms with Gasteiger partial charge in [-0.05, 0) is 18.2 Å². The molecule has 0 spiro atoms. The number of hydrogen-bond acceptors (Lipinski definition) is 6. The minimum Gasteiger partial charge on any atom is -0.496 e. The van der Waals surface area contributed by atoms with Crippen LogP contribution >= 0.6 is 11.8 Å². The smallest absolute Gasteiger partial charge is 0.277 e. The molecular formula is C15H13N3O2S. The Bertz CT molecular complexity index is 716. The topological polar surface area (TPSA) is 61.0 Å². The lowest BCUT2D eigenvalue weighted by Crippen LogP contribution is -1.89.